The Labute approximate surface area is 276 Å². The number of alkyl carbamates (subject to hydrolysis) is 1. The highest BCUT2D eigenvalue weighted by atomic mass is 32.2. The molecule has 0 spiro atoms. The maximum Gasteiger partial charge on any atom is 0.407 e. The second-order valence-corrected chi connectivity index (χ2v) is 14.0. The number of nitrogens with zero attached hydrogens (tertiary/aromatic N) is 1. The van der Waals surface area contributed by atoms with Gasteiger partial charge in [0, 0.05) is 16.3 Å². The number of amides is 2. The maximum absolute atomic E-state index is 13.4. The van der Waals surface area contributed by atoms with Crippen molar-refractivity contribution in [3.8, 4) is 0 Å². The number of carbonyl (C=O) groups is 2. The van der Waals surface area contributed by atoms with Crippen LogP contribution in [0.4, 0.5) is 4.79 Å². The van der Waals surface area contributed by atoms with Gasteiger partial charge >= 0.3 is 6.09 Å². The van der Waals surface area contributed by atoms with Gasteiger partial charge in [-0.2, -0.15) is 4.31 Å². The summed E-state index contributed by atoms with van der Waals surface area (Å²) in [6.07, 6.45) is 0.974. The van der Waals surface area contributed by atoms with Crippen LogP contribution in [0.15, 0.2) is 108 Å². The maximum atomic E-state index is 13.4. The third-order valence-corrected chi connectivity index (χ3v) is 10.0. The van der Waals surface area contributed by atoms with Gasteiger partial charge in [-0.05, 0) is 54.2 Å². The zero-order valence-corrected chi connectivity index (χ0v) is 28.1. The molecule has 1 atom stereocenters. The molecule has 3 N–H and O–H groups in total. The number of hydrogen-bond acceptors (Lipinski definition) is 7. The first-order valence-corrected chi connectivity index (χ1v) is 17.3. The summed E-state index contributed by atoms with van der Waals surface area (Å²) in [5, 5.41) is 15.2. The molecule has 0 radical (unpaired) electrons. The van der Waals surface area contributed by atoms with Crippen molar-refractivity contribution in [2.45, 2.75) is 44.2 Å². The highest BCUT2D eigenvalue weighted by Gasteiger charge is 2.33. The minimum atomic E-state index is -3.83. The molecule has 46 heavy (non-hydrogen) atoms. The average molecular weight is 666 g/mol. The van der Waals surface area contributed by atoms with E-state index in [2.05, 4.69) is 76.0 Å². The zero-order chi connectivity index (χ0) is 33.4. The molecule has 1 unspecified atom stereocenters. The highest BCUT2D eigenvalue weighted by molar-refractivity contribution is 7.89. The first kappa shape index (κ1) is 36.4. The SMILES string of the molecule is COC(=O)NCC(=O)NCc1ccc(C(CO)N(CCC(C)C)S(=O)(=O)c2ccccc2)s1.c1ccc(Cc2ccccc2)cc1. The highest BCUT2D eigenvalue weighted by Crippen LogP contribution is 2.32. The molecule has 3 aromatic carbocycles. The second kappa shape index (κ2) is 18.8. The average Bonchev–Trinajstić information content (AvgIpc) is 3.54. The Morgan fingerprint density at radius 2 is 1.41 bits per heavy atom. The van der Waals surface area contributed by atoms with Gasteiger partial charge in [-0.15, -0.1) is 11.3 Å². The van der Waals surface area contributed by atoms with E-state index in [0.29, 0.717) is 11.3 Å². The van der Waals surface area contributed by atoms with Gasteiger partial charge in [-0.1, -0.05) is 92.7 Å². The smallest absolute Gasteiger partial charge is 0.407 e. The number of benzene rings is 3. The summed E-state index contributed by atoms with van der Waals surface area (Å²) in [5.41, 5.74) is 2.74. The lowest BCUT2D eigenvalue weighted by atomic mass is 10.1. The Kier molecular flexibility index (Phi) is 14.9. The van der Waals surface area contributed by atoms with Gasteiger partial charge in [-0.3, -0.25) is 4.79 Å². The van der Waals surface area contributed by atoms with Crippen LogP contribution in [0.2, 0.25) is 0 Å². The third-order valence-electron chi connectivity index (χ3n) is 6.94. The lowest BCUT2D eigenvalue weighted by Gasteiger charge is -2.29. The van der Waals surface area contributed by atoms with E-state index in [9.17, 15) is 23.1 Å². The first-order valence-electron chi connectivity index (χ1n) is 15.1. The molecule has 0 saturated heterocycles. The molecule has 1 heterocycles. The molecular formula is C35H43N3O6S2. The third kappa shape index (κ3) is 11.7. The number of methoxy groups -OCH3 is 1. The van der Waals surface area contributed by atoms with Gasteiger partial charge in [0.1, 0.15) is 6.54 Å². The molecule has 4 aromatic rings. The molecule has 0 aliphatic rings. The van der Waals surface area contributed by atoms with E-state index >= 15 is 0 Å². The minimum Gasteiger partial charge on any atom is -0.453 e. The predicted octanol–water partition coefficient (Wildman–Crippen LogP) is 5.77. The Bertz CT molecular complexity index is 1540. The fourth-order valence-corrected chi connectivity index (χ4v) is 7.21. The van der Waals surface area contributed by atoms with Gasteiger partial charge in [0.15, 0.2) is 0 Å². The molecule has 11 heteroatoms. The quantitative estimate of drug-likeness (QED) is 0.157. The largest absolute Gasteiger partial charge is 0.453 e. The zero-order valence-electron chi connectivity index (χ0n) is 26.5. The number of nitrogens with one attached hydrogen (secondary N) is 2. The van der Waals surface area contributed by atoms with Gasteiger partial charge in [0.05, 0.1) is 31.2 Å². The minimum absolute atomic E-state index is 0.175. The number of carbonyl (C=O) groups excluding carboxylic acids is 2. The molecular weight excluding hydrogens is 623 g/mol. The molecule has 0 aliphatic carbocycles. The molecule has 1 aromatic heterocycles. The molecule has 0 fully saturated rings. The topological polar surface area (TPSA) is 125 Å². The summed E-state index contributed by atoms with van der Waals surface area (Å²) in [5.74, 6) is -0.107. The van der Waals surface area contributed by atoms with Crippen molar-refractivity contribution in [3.05, 3.63) is 124 Å². The van der Waals surface area contributed by atoms with Crippen molar-refractivity contribution in [1.82, 2.24) is 14.9 Å². The van der Waals surface area contributed by atoms with Crippen molar-refractivity contribution in [3.63, 3.8) is 0 Å². The van der Waals surface area contributed by atoms with E-state index in [-0.39, 0.29) is 43.0 Å². The standard InChI is InChI=1S/C22H31N3O6S2.C13H12/c1-16(2)11-12-25(33(29,30)18-7-5-4-6-8-18)19(15-26)20-10-9-17(32-20)13-23-21(27)14-24-22(28)31-3;1-3-7-12(8-4-1)11-13-9-5-2-6-10-13/h4-10,16,19,26H,11-15H2,1-3H3,(H,23,27)(H,24,28);1-10H,11H2. The number of rotatable bonds is 14. The van der Waals surface area contributed by atoms with Gasteiger partial charge in [-0.25, -0.2) is 13.2 Å². The first-order chi connectivity index (χ1) is 22.1. The molecule has 0 aliphatic heterocycles. The van der Waals surface area contributed by atoms with Crippen LogP contribution in [0.3, 0.4) is 0 Å². The van der Waals surface area contributed by atoms with Crippen molar-refractivity contribution >= 4 is 33.4 Å². The molecule has 4 rings (SSSR count). The van der Waals surface area contributed by atoms with Crippen molar-refractivity contribution < 1.29 is 27.9 Å². The summed E-state index contributed by atoms with van der Waals surface area (Å²) in [6, 6.07) is 32.1. The van der Waals surface area contributed by atoms with Crippen LogP contribution < -0.4 is 10.6 Å². The van der Waals surface area contributed by atoms with Gasteiger partial charge < -0.3 is 20.5 Å². The molecule has 2 amide bonds. The number of sulfonamides is 1. The fraction of sp³-hybridized carbons (Fsp3) is 0.314. The second-order valence-electron chi connectivity index (χ2n) is 10.9. The summed E-state index contributed by atoms with van der Waals surface area (Å²) >= 11 is 1.32. The number of hydrogen-bond donors (Lipinski definition) is 3. The van der Waals surface area contributed by atoms with Crippen LogP contribution in [0, 0.1) is 5.92 Å². The number of aliphatic hydroxyl groups excluding tert-OH is 1. The Morgan fingerprint density at radius 3 is 1.93 bits per heavy atom. The number of thiophene rings is 1. The molecule has 0 saturated carbocycles. The van der Waals surface area contributed by atoms with Crippen molar-refractivity contribution in [1.29, 1.82) is 0 Å². The molecule has 9 nitrogen and oxygen atoms in total. The van der Waals surface area contributed by atoms with Crippen molar-refractivity contribution in [2.24, 2.45) is 5.92 Å². The number of aliphatic hydroxyl groups is 1. The Balaban J connectivity index is 0.000000365. The number of ether oxygens (including phenoxy) is 1. The normalized spacial score (nSPS) is 11.8. The van der Waals surface area contributed by atoms with E-state index in [0.717, 1.165) is 11.3 Å². The van der Waals surface area contributed by atoms with Gasteiger partial charge in [0.2, 0.25) is 15.9 Å². The fourth-order valence-electron chi connectivity index (χ4n) is 4.45. The predicted molar refractivity (Wildman–Crippen MR) is 182 cm³/mol. The van der Waals surface area contributed by atoms with E-state index in [1.807, 2.05) is 13.8 Å². The van der Waals surface area contributed by atoms with Crippen LogP contribution in [0.25, 0.3) is 0 Å². The van der Waals surface area contributed by atoms with Crippen LogP contribution >= 0.6 is 11.3 Å². The van der Waals surface area contributed by atoms with E-state index in [1.54, 1.807) is 42.5 Å². The summed E-state index contributed by atoms with van der Waals surface area (Å²) in [6.45, 7) is 3.91. The van der Waals surface area contributed by atoms with E-state index in [4.69, 9.17) is 0 Å². The van der Waals surface area contributed by atoms with Gasteiger partial charge in [0.25, 0.3) is 0 Å². The van der Waals surface area contributed by atoms with E-state index in [1.165, 1.54) is 33.9 Å². The van der Waals surface area contributed by atoms with Crippen molar-refractivity contribution in [2.75, 3.05) is 26.8 Å². The summed E-state index contributed by atoms with van der Waals surface area (Å²) < 4.78 is 32.6. The molecule has 246 valence electrons. The Morgan fingerprint density at radius 1 is 0.848 bits per heavy atom. The van der Waals surface area contributed by atoms with Crippen LogP contribution in [0.1, 0.15) is 47.2 Å². The Hall–Kier alpha value is -4.03. The summed E-state index contributed by atoms with van der Waals surface area (Å²) in [7, 11) is -2.62. The lowest BCUT2D eigenvalue weighted by molar-refractivity contribution is -0.120. The van der Waals surface area contributed by atoms with Crippen LogP contribution in [-0.2, 0) is 32.5 Å². The van der Waals surface area contributed by atoms with Crippen LogP contribution in [-0.4, -0.2) is 56.6 Å². The monoisotopic (exact) mass is 665 g/mol. The van der Waals surface area contributed by atoms with Crippen LogP contribution in [0.5, 0.6) is 0 Å². The lowest BCUT2D eigenvalue weighted by Crippen LogP contribution is -2.37. The van der Waals surface area contributed by atoms with E-state index < -0.39 is 22.2 Å². The summed E-state index contributed by atoms with van der Waals surface area (Å²) in [4.78, 5) is 24.6. The molecule has 0 bridgehead atoms.